The summed E-state index contributed by atoms with van der Waals surface area (Å²) in [7, 11) is 1.95. The van der Waals surface area contributed by atoms with Crippen LogP contribution in [0.25, 0.3) is 32.2 Å². The van der Waals surface area contributed by atoms with Crippen LogP contribution in [0.4, 0.5) is 32.9 Å². The second-order valence-corrected chi connectivity index (χ2v) is 11.6. The van der Waals surface area contributed by atoms with Crippen LogP contribution in [0.3, 0.4) is 0 Å². The molecule has 1 amide bonds. The van der Waals surface area contributed by atoms with Crippen molar-refractivity contribution >= 4 is 49.3 Å². The highest BCUT2D eigenvalue weighted by Crippen LogP contribution is 2.45. The van der Waals surface area contributed by atoms with Crippen molar-refractivity contribution in [2.75, 3.05) is 44.3 Å². The van der Waals surface area contributed by atoms with Crippen LogP contribution in [0.2, 0.25) is 0 Å². The minimum Gasteiger partial charge on any atom is -0.462 e. The van der Waals surface area contributed by atoms with Gasteiger partial charge in [0.05, 0.1) is 21.8 Å². The molecule has 4 heterocycles. The van der Waals surface area contributed by atoms with Crippen LogP contribution < -0.4 is 15.8 Å². The van der Waals surface area contributed by atoms with Crippen LogP contribution in [0.15, 0.2) is 30.9 Å². The van der Waals surface area contributed by atoms with Gasteiger partial charge in [-0.05, 0) is 50.7 Å². The molecule has 2 aromatic carbocycles. The quantitative estimate of drug-likeness (QED) is 0.218. The molecular formula is C28H26F5N7O2S. The highest BCUT2D eigenvalue weighted by Gasteiger charge is 2.39. The van der Waals surface area contributed by atoms with E-state index in [-0.39, 0.29) is 75.8 Å². The van der Waals surface area contributed by atoms with E-state index in [9.17, 15) is 22.4 Å². The summed E-state index contributed by atoms with van der Waals surface area (Å²) in [6, 6.07) is 2.23. The van der Waals surface area contributed by atoms with Crippen LogP contribution in [0.1, 0.15) is 18.4 Å². The number of nitrogen functional groups attached to an aromatic ring is 1. The van der Waals surface area contributed by atoms with Crippen molar-refractivity contribution in [2.45, 2.75) is 31.1 Å². The predicted octanol–water partition coefficient (Wildman–Crippen LogP) is 5.07. The van der Waals surface area contributed by atoms with Gasteiger partial charge in [0, 0.05) is 35.6 Å². The van der Waals surface area contributed by atoms with Gasteiger partial charge >= 0.3 is 12.2 Å². The first-order chi connectivity index (χ1) is 20.4. The Morgan fingerprint density at radius 3 is 2.67 bits per heavy atom. The second-order valence-electron chi connectivity index (χ2n) is 10.6. The Kier molecular flexibility index (Phi) is 7.32. The molecule has 2 aromatic heterocycles. The van der Waals surface area contributed by atoms with E-state index in [4.69, 9.17) is 10.5 Å². The van der Waals surface area contributed by atoms with Crippen molar-refractivity contribution < 1.29 is 31.5 Å². The third-order valence-corrected chi connectivity index (χ3v) is 8.68. The molecule has 0 spiro atoms. The van der Waals surface area contributed by atoms with Gasteiger partial charge in [-0.2, -0.15) is 23.1 Å². The monoisotopic (exact) mass is 619 g/mol. The number of rotatable bonds is 7. The third-order valence-electron chi connectivity index (χ3n) is 7.78. The molecule has 226 valence electrons. The van der Waals surface area contributed by atoms with E-state index in [0.717, 1.165) is 55.0 Å². The number of carbonyl (C=O) groups excluding carboxylic acids is 1. The van der Waals surface area contributed by atoms with E-state index in [1.54, 1.807) is 0 Å². The molecule has 15 heteroatoms. The molecule has 0 bridgehead atoms. The lowest BCUT2D eigenvalue weighted by Crippen LogP contribution is -2.56. The summed E-state index contributed by atoms with van der Waals surface area (Å²) < 4.78 is 80.4. The molecule has 2 fully saturated rings. The molecule has 2 aliphatic rings. The number of aromatic nitrogens is 3. The summed E-state index contributed by atoms with van der Waals surface area (Å²) in [6.07, 6.45) is -2.01. The first-order valence-corrected chi connectivity index (χ1v) is 14.2. The number of anilines is 2. The molecule has 1 atom stereocenters. The van der Waals surface area contributed by atoms with Gasteiger partial charge in [0.1, 0.15) is 23.8 Å². The van der Waals surface area contributed by atoms with E-state index in [1.165, 1.54) is 4.90 Å². The van der Waals surface area contributed by atoms with Gasteiger partial charge < -0.3 is 25.6 Å². The molecule has 43 heavy (non-hydrogen) atoms. The van der Waals surface area contributed by atoms with Gasteiger partial charge in [0.2, 0.25) is 5.91 Å². The number of hydrogen-bond acceptors (Lipinski definition) is 9. The Balaban J connectivity index is 1.51. The van der Waals surface area contributed by atoms with Crippen LogP contribution in [-0.2, 0) is 11.0 Å². The number of likely N-dealkylation sites (N-methyl/N-ethyl adjacent to an activating group) is 1. The Labute approximate surface area is 246 Å². The fourth-order valence-electron chi connectivity index (χ4n) is 5.49. The largest absolute Gasteiger partial charge is 0.462 e. The fourth-order valence-corrected chi connectivity index (χ4v) is 6.26. The van der Waals surface area contributed by atoms with Crippen LogP contribution in [-0.4, -0.2) is 76.0 Å². The average molecular weight is 620 g/mol. The number of nitrogens with two attached hydrogens (primary N) is 1. The minimum atomic E-state index is -5.02. The number of fused-ring (bicyclic) bond motifs is 2. The summed E-state index contributed by atoms with van der Waals surface area (Å²) >= 11 is 0.748. The number of alkyl halides is 3. The summed E-state index contributed by atoms with van der Waals surface area (Å²) in [5.41, 5.74) is 2.69. The summed E-state index contributed by atoms with van der Waals surface area (Å²) in [5, 5.41) is 2.72. The first kappa shape index (κ1) is 29.0. The molecule has 0 aliphatic carbocycles. The van der Waals surface area contributed by atoms with Crippen molar-refractivity contribution in [2.24, 2.45) is 0 Å². The molecule has 0 radical (unpaired) electrons. The van der Waals surface area contributed by atoms with Gasteiger partial charge in [0.25, 0.3) is 0 Å². The smallest absolute Gasteiger partial charge is 0.417 e. The number of carbonyl (C=O) groups is 1. The SMILES string of the molecule is C=CC(=O)N1CC(Nc2nc(OCC3CCCN3C)nc3c(F)c(-c4ccc(F)c5sc(N)nc45)c(C(F)(F)F)cc23)C1. The number of halogens is 5. The van der Waals surface area contributed by atoms with Gasteiger partial charge in [-0.25, -0.2) is 13.8 Å². The summed E-state index contributed by atoms with van der Waals surface area (Å²) in [6.45, 7) is 5.01. The van der Waals surface area contributed by atoms with Crippen LogP contribution in [0, 0.1) is 11.6 Å². The number of benzene rings is 2. The second kappa shape index (κ2) is 10.9. The number of ether oxygens (including phenoxy) is 1. The Bertz CT molecular complexity index is 1760. The lowest BCUT2D eigenvalue weighted by atomic mass is 9.95. The maximum atomic E-state index is 16.5. The lowest BCUT2D eigenvalue weighted by Gasteiger charge is -2.39. The standard InChI is InChI=1S/C28H26F5N7O2S/c1-3-19(41)40-10-13(11-40)35-25-16-9-17(28(31,32)33)20(15-6-7-18(29)24-23(15)36-26(34)43-24)21(30)22(16)37-27(38-25)42-12-14-5-4-8-39(14)2/h3,6-7,9,13-14H,1,4-5,8,10-12H2,2H3,(H2,34,36)(H,35,37,38). The average Bonchev–Trinajstić information content (AvgIpc) is 3.54. The Morgan fingerprint density at radius 2 is 2.00 bits per heavy atom. The highest BCUT2D eigenvalue weighted by atomic mass is 32.1. The topological polar surface area (TPSA) is 110 Å². The number of nitrogens with zero attached hydrogens (tertiary/aromatic N) is 5. The predicted molar refractivity (Wildman–Crippen MR) is 153 cm³/mol. The number of likely N-dealkylation sites (tertiary alicyclic amines) is 2. The maximum Gasteiger partial charge on any atom is 0.417 e. The van der Waals surface area contributed by atoms with Crippen LogP contribution >= 0.6 is 11.3 Å². The third kappa shape index (κ3) is 5.31. The summed E-state index contributed by atoms with van der Waals surface area (Å²) in [5.74, 6) is -2.41. The van der Waals surface area contributed by atoms with E-state index < -0.39 is 34.5 Å². The van der Waals surface area contributed by atoms with Crippen molar-refractivity contribution in [3.63, 3.8) is 0 Å². The summed E-state index contributed by atoms with van der Waals surface area (Å²) in [4.78, 5) is 28.0. The number of hydrogen-bond donors (Lipinski definition) is 2. The zero-order valence-electron chi connectivity index (χ0n) is 22.8. The maximum absolute atomic E-state index is 16.5. The molecule has 2 saturated heterocycles. The Morgan fingerprint density at radius 1 is 1.23 bits per heavy atom. The number of nitrogens with one attached hydrogen (secondary N) is 1. The van der Waals surface area contributed by atoms with Crippen molar-refractivity contribution in [1.82, 2.24) is 24.8 Å². The zero-order valence-corrected chi connectivity index (χ0v) is 23.7. The molecule has 1 unspecified atom stereocenters. The Hall–Kier alpha value is -4.11. The van der Waals surface area contributed by atoms with E-state index in [0.29, 0.717) is 0 Å². The minimum absolute atomic E-state index is 0.0662. The molecule has 2 aliphatic heterocycles. The van der Waals surface area contributed by atoms with Crippen molar-refractivity contribution in [3.8, 4) is 17.1 Å². The first-order valence-electron chi connectivity index (χ1n) is 13.4. The highest BCUT2D eigenvalue weighted by molar-refractivity contribution is 7.22. The molecular weight excluding hydrogens is 593 g/mol. The van der Waals surface area contributed by atoms with Gasteiger partial charge in [-0.1, -0.05) is 17.9 Å². The van der Waals surface area contributed by atoms with E-state index in [1.807, 2.05) is 7.05 Å². The molecule has 9 nitrogen and oxygen atoms in total. The molecule has 4 aromatic rings. The normalized spacial score (nSPS) is 17.9. The van der Waals surface area contributed by atoms with E-state index in [2.05, 4.69) is 31.7 Å². The van der Waals surface area contributed by atoms with Crippen molar-refractivity contribution in [3.05, 3.63) is 48.1 Å². The van der Waals surface area contributed by atoms with Crippen molar-refractivity contribution in [1.29, 1.82) is 0 Å². The molecule has 6 rings (SSSR count). The lowest BCUT2D eigenvalue weighted by molar-refractivity contribution is -0.137. The van der Waals surface area contributed by atoms with Gasteiger partial charge in [0.15, 0.2) is 10.9 Å². The van der Waals surface area contributed by atoms with Crippen LogP contribution in [0.5, 0.6) is 6.01 Å². The fraction of sp³-hybridized carbons (Fsp3) is 0.357. The number of thiazole rings is 1. The zero-order chi connectivity index (χ0) is 30.6. The van der Waals surface area contributed by atoms with Gasteiger partial charge in [-0.15, -0.1) is 0 Å². The van der Waals surface area contributed by atoms with E-state index >= 15 is 4.39 Å². The van der Waals surface area contributed by atoms with Gasteiger partial charge in [-0.3, -0.25) is 4.79 Å². The molecule has 0 saturated carbocycles. The molecule has 3 N–H and O–H groups in total. The number of amides is 1.